The Bertz CT molecular complexity index is 985. The molecule has 0 atom stereocenters. The number of thiazole rings is 1. The number of hydrogen-bond donors (Lipinski definition) is 0. The van der Waals surface area contributed by atoms with Crippen LogP contribution in [0.2, 0.25) is 0 Å². The lowest BCUT2D eigenvalue weighted by Gasteiger charge is -2.34. The predicted octanol–water partition coefficient (Wildman–Crippen LogP) is 3.56. The number of halogens is 1. The highest BCUT2D eigenvalue weighted by atomic mass is 32.1. The van der Waals surface area contributed by atoms with Crippen molar-refractivity contribution in [3.8, 4) is 11.5 Å². The van der Waals surface area contributed by atoms with Crippen LogP contribution in [0.4, 0.5) is 9.52 Å². The quantitative estimate of drug-likeness (QED) is 0.616. The molecule has 0 unspecified atom stereocenters. The second-order valence-corrected chi connectivity index (χ2v) is 7.68. The van der Waals surface area contributed by atoms with Crippen LogP contribution >= 0.6 is 11.3 Å². The van der Waals surface area contributed by atoms with Crippen molar-refractivity contribution in [1.29, 1.82) is 0 Å². The second kappa shape index (κ2) is 8.65. The van der Waals surface area contributed by atoms with Crippen molar-refractivity contribution in [2.75, 3.05) is 44.3 Å². The first-order valence-electron chi connectivity index (χ1n) is 9.57. The molecular formula is C21H22FN3O3S. The maximum absolute atomic E-state index is 13.4. The maximum atomic E-state index is 13.4. The fourth-order valence-corrected chi connectivity index (χ4v) is 4.25. The van der Waals surface area contributed by atoms with Crippen molar-refractivity contribution in [3.05, 3.63) is 48.3 Å². The van der Waals surface area contributed by atoms with Crippen LogP contribution in [-0.2, 0) is 4.79 Å². The summed E-state index contributed by atoms with van der Waals surface area (Å²) in [6, 6.07) is 11.9. The van der Waals surface area contributed by atoms with Crippen molar-refractivity contribution in [3.63, 3.8) is 0 Å². The molecule has 3 aromatic rings. The van der Waals surface area contributed by atoms with Gasteiger partial charge in [-0.3, -0.25) is 4.79 Å². The second-order valence-electron chi connectivity index (χ2n) is 6.67. The third kappa shape index (κ3) is 4.59. The topological polar surface area (TPSA) is 54.9 Å². The van der Waals surface area contributed by atoms with Crippen LogP contribution in [-0.4, -0.2) is 55.2 Å². The fraction of sp³-hybridized carbons (Fsp3) is 0.333. The predicted molar refractivity (Wildman–Crippen MR) is 111 cm³/mol. The smallest absolute Gasteiger partial charge is 0.260 e. The van der Waals surface area contributed by atoms with Gasteiger partial charge in [0.1, 0.15) is 17.3 Å². The van der Waals surface area contributed by atoms with Gasteiger partial charge < -0.3 is 19.3 Å². The van der Waals surface area contributed by atoms with Gasteiger partial charge in [0.05, 0.1) is 16.8 Å². The number of carbonyl (C=O) groups excluding carboxylic acids is 1. The van der Waals surface area contributed by atoms with Crippen LogP contribution in [0.3, 0.4) is 0 Å². The summed E-state index contributed by atoms with van der Waals surface area (Å²) < 4.78 is 25.2. The summed E-state index contributed by atoms with van der Waals surface area (Å²) >= 11 is 1.48. The molecule has 0 bridgehead atoms. The summed E-state index contributed by atoms with van der Waals surface area (Å²) in [5, 5.41) is 0.864. The van der Waals surface area contributed by atoms with Crippen molar-refractivity contribution in [2.24, 2.45) is 0 Å². The minimum Gasteiger partial charge on any atom is -0.494 e. The lowest BCUT2D eigenvalue weighted by molar-refractivity contribution is -0.133. The molecule has 8 heteroatoms. The van der Waals surface area contributed by atoms with E-state index in [2.05, 4.69) is 9.88 Å². The fourth-order valence-electron chi connectivity index (χ4n) is 3.20. The third-order valence-corrected chi connectivity index (χ3v) is 5.82. The Hall–Kier alpha value is -2.87. The van der Waals surface area contributed by atoms with E-state index in [1.807, 2.05) is 19.1 Å². The lowest BCUT2D eigenvalue weighted by atomic mass is 10.3. The van der Waals surface area contributed by atoms with E-state index in [0.29, 0.717) is 38.5 Å². The van der Waals surface area contributed by atoms with E-state index in [1.54, 1.807) is 23.1 Å². The number of rotatable bonds is 6. The van der Waals surface area contributed by atoms with Crippen LogP contribution in [0, 0.1) is 5.82 Å². The van der Waals surface area contributed by atoms with Crippen LogP contribution in [0.1, 0.15) is 6.92 Å². The molecule has 1 aliphatic heterocycles. The highest BCUT2D eigenvalue weighted by Crippen LogP contribution is 2.30. The van der Waals surface area contributed by atoms with Crippen molar-refractivity contribution >= 4 is 32.6 Å². The van der Waals surface area contributed by atoms with E-state index in [4.69, 9.17) is 9.47 Å². The van der Waals surface area contributed by atoms with Gasteiger partial charge in [-0.15, -0.1) is 0 Å². The zero-order valence-electron chi connectivity index (χ0n) is 16.1. The number of piperazine rings is 1. The van der Waals surface area contributed by atoms with E-state index in [0.717, 1.165) is 21.1 Å². The lowest BCUT2D eigenvalue weighted by Crippen LogP contribution is -2.50. The van der Waals surface area contributed by atoms with Crippen molar-refractivity contribution < 1.29 is 18.7 Å². The molecule has 0 N–H and O–H groups in total. The summed E-state index contributed by atoms with van der Waals surface area (Å²) in [5.74, 6) is 1.13. The number of carbonyl (C=O) groups is 1. The Balaban J connectivity index is 1.28. The zero-order valence-corrected chi connectivity index (χ0v) is 17.0. The summed E-state index contributed by atoms with van der Waals surface area (Å²) in [4.78, 5) is 21.0. The molecular weight excluding hydrogens is 393 g/mol. The van der Waals surface area contributed by atoms with Gasteiger partial charge in [0, 0.05) is 26.2 Å². The Morgan fingerprint density at radius 3 is 2.45 bits per heavy atom. The van der Waals surface area contributed by atoms with Crippen LogP contribution in [0.5, 0.6) is 11.5 Å². The molecule has 2 heterocycles. The zero-order chi connectivity index (χ0) is 20.2. The van der Waals surface area contributed by atoms with Gasteiger partial charge >= 0.3 is 0 Å². The Kier molecular flexibility index (Phi) is 5.80. The van der Waals surface area contributed by atoms with E-state index in [9.17, 15) is 9.18 Å². The molecule has 1 aromatic heterocycles. The molecule has 4 rings (SSSR count). The first kappa shape index (κ1) is 19.4. The summed E-state index contributed by atoms with van der Waals surface area (Å²) in [6.07, 6.45) is 0. The highest BCUT2D eigenvalue weighted by Gasteiger charge is 2.23. The summed E-state index contributed by atoms with van der Waals surface area (Å²) in [7, 11) is 0. The Labute approximate surface area is 172 Å². The summed E-state index contributed by atoms with van der Waals surface area (Å²) in [5.41, 5.74) is 0.800. The molecule has 0 aliphatic carbocycles. The van der Waals surface area contributed by atoms with E-state index >= 15 is 0 Å². The SMILES string of the molecule is CCOc1ccc(OCC(=O)N2CCN(c3nc4ccc(F)cc4s3)CC2)cc1. The minimum atomic E-state index is -0.254. The van der Waals surface area contributed by atoms with Crippen molar-refractivity contribution in [2.45, 2.75) is 6.92 Å². The van der Waals surface area contributed by atoms with Crippen LogP contribution < -0.4 is 14.4 Å². The van der Waals surface area contributed by atoms with E-state index in [-0.39, 0.29) is 18.3 Å². The number of aromatic nitrogens is 1. The number of benzene rings is 2. The Morgan fingerprint density at radius 1 is 1.07 bits per heavy atom. The van der Waals surface area contributed by atoms with Gasteiger partial charge in [-0.05, 0) is 49.4 Å². The molecule has 29 heavy (non-hydrogen) atoms. The number of amides is 1. The molecule has 6 nitrogen and oxygen atoms in total. The van der Waals surface area contributed by atoms with Gasteiger partial charge in [0.15, 0.2) is 11.7 Å². The number of nitrogens with zero attached hydrogens (tertiary/aromatic N) is 3. The van der Waals surface area contributed by atoms with Gasteiger partial charge in [0.25, 0.3) is 5.91 Å². The maximum Gasteiger partial charge on any atom is 0.260 e. The van der Waals surface area contributed by atoms with Crippen LogP contribution in [0.25, 0.3) is 10.2 Å². The molecule has 0 spiro atoms. The molecule has 1 fully saturated rings. The minimum absolute atomic E-state index is 0.00833. The molecule has 2 aromatic carbocycles. The highest BCUT2D eigenvalue weighted by molar-refractivity contribution is 7.22. The summed E-state index contributed by atoms with van der Waals surface area (Å²) in [6.45, 7) is 5.14. The van der Waals surface area contributed by atoms with Gasteiger partial charge in [0.2, 0.25) is 0 Å². The number of hydrogen-bond acceptors (Lipinski definition) is 6. The largest absolute Gasteiger partial charge is 0.494 e. The van der Waals surface area contributed by atoms with Gasteiger partial charge in [-0.1, -0.05) is 11.3 Å². The number of anilines is 1. The molecule has 1 saturated heterocycles. The van der Waals surface area contributed by atoms with Gasteiger partial charge in [-0.25, -0.2) is 9.37 Å². The number of fused-ring (bicyclic) bond motifs is 1. The van der Waals surface area contributed by atoms with E-state index < -0.39 is 0 Å². The monoisotopic (exact) mass is 415 g/mol. The third-order valence-electron chi connectivity index (χ3n) is 4.74. The normalized spacial score (nSPS) is 14.3. The number of ether oxygens (including phenoxy) is 2. The molecule has 0 saturated carbocycles. The molecule has 1 amide bonds. The first-order chi connectivity index (χ1) is 14.1. The Morgan fingerprint density at radius 2 is 1.76 bits per heavy atom. The molecule has 152 valence electrons. The van der Waals surface area contributed by atoms with Crippen molar-refractivity contribution in [1.82, 2.24) is 9.88 Å². The average Bonchev–Trinajstić information content (AvgIpc) is 3.16. The molecule has 1 aliphatic rings. The van der Waals surface area contributed by atoms with Gasteiger partial charge in [-0.2, -0.15) is 0 Å². The van der Waals surface area contributed by atoms with Crippen LogP contribution in [0.15, 0.2) is 42.5 Å². The first-order valence-corrected chi connectivity index (χ1v) is 10.4. The molecule has 0 radical (unpaired) electrons. The average molecular weight is 415 g/mol. The standard InChI is InChI=1S/C21H22FN3O3S/c1-2-27-16-4-6-17(7-5-16)28-14-20(26)24-9-11-25(12-10-24)21-23-18-8-3-15(22)13-19(18)29-21/h3-8,13H,2,9-12,14H2,1H3. The van der Waals surface area contributed by atoms with E-state index in [1.165, 1.54) is 23.5 Å².